The van der Waals surface area contributed by atoms with E-state index in [0.29, 0.717) is 16.7 Å². The van der Waals surface area contributed by atoms with Crippen molar-refractivity contribution in [3.8, 4) is 0 Å². The Kier molecular flexibility index (Phi) is 4.83. The molecule has 5 nitrogen and oxygen atoms in total. The quantitative estimate of drug-likeness (QED) is 0.628. The van der Waals surface area contributed by atoms with Crippen LogP contribution in [0.15, 0.2) is 54.6 Å². The Bertz CT molecular complexity index is 748. The van der Waals surface area contributed by atoms with Crippen LogP contribution in [0.5, 0.6) is 0 Å². The molecule has 0 aliphatic rings. The number of rotatable bonds is 6. The van der Waals surface area contributed by atoms with Gasteiger partial charge in [-0.1, -0.05) is 61.5 Å². The molecule has 2 N–H and O–H groups in total. The van der Waals surface area contributed by atoms with E-state index in [0.717, 1.165) is 0 Å². The summed E-state index contributed by atoms with van der Waals surface area (Å²) in [4.78, 5) is 35.2. The molecular formula is C19H18O5. The van der Waals surface area contributed by atoms with Crippen LogP contribution in [-0.4, -0.2) is 27.9 Å². The molecule has 5 heteroatoms. The first-order chi connectivity index (χ1) is 11.3. The SMILES string of the molecule is CC(c1ccc(C(=O)c2ccccc2)cc1)C(C)(C(=O)O)C(=O)O. The molecule has 0 saturated heterocycles. The maximum Gasteiger partial charge on any atom is 0.321 e. The van der Waals surface area contributed by atoms with E-state index in [4.69, 9.17) is 0 Å². The zero-order chi connectivity index (χ0) is 17.9. The number of aliphatic carboxylic acids is 2. The molecule has 124 valence electrons. The van der Waals surface area contributed by atoms with Crippen LogP contribution in [0.3, 0.4) is 0 Å². The van der Waals surface area contributed by atoms with Gasteiger partial charge in [0.15, 0.2) is 11.2 Å². The zero-order valence-corrected chi connectivity index (χ0v) is 13.4. The van der Waals surface area contributed by atoms with Crippen molar-refractivity contribution < 1.29 is 24.6 Å². The standard InChI is InChI=1S/C19H18O5/c1-12(19(2,17(21)22)18(23)24)13-8-10-15(11-9-13)16(20)14-6-4-3-5-7-14/h3-12H,1-2H3,(H,21,22)(H,23,24). The molecule has 1 unspecified atom stereocenters. The maximum atomic E-state index is 12.4. The Morgan fingerprint density at radius 1 is 0.833 bits per heavy atom. The minimum absolute atomic E-state index is 0.144. The van der Waals surface area contributed by atoms with Gasteiger partial charge in [0.25, 0.3) is 0 Å². The Morgan fingerprint density at radius 2 is 1.29 bits per heavy atom. The first-order valence-corrected chi connectivity index (χ1v) is 7.45. The van der Waals surface area contributed by atoms with Gasteiger partial charge >= 0.3 is 11.9 Å². The monoisotopic (exact) mass is 326 g/mol. The topological polar surface area (TPSA) is 91.7 Å². The number of ketones is 1. The molecule has 2 rings (SSSR count). The van der Waals surface area contributed by atoms with Crippen molar-refractivity contribution in [1.29, 1.82) is 0 Å². The van der Waals surface area contributed by atoms with E-state index in [1.807, 2.05) is 6.07 Å². The highest BCUT2D eigenvalue weighted by molar-refractivity contribution is 6.09. The molecule has 0 heterocycles. The van der Waals surface area contributed by atoms with Crippen molar-refractivity contribution in [2.24, 2.45) is 5.41 Å². The number of carbonyl (C=O) groups excluding carboxylic acids is 1. The van der Waals surface area contributed by atoms with E-state index in [9.17, 15) is 24.6 Å². The lowest BCUT2D eigenvalue weighted by atomic mass is 9.74. The van der Waals surface area contributed by atoms with Crippen molar-refractivity contribution in [2.45, 2.75) is 19.8 Å². The third-order valence-corrected chi connectivity index (χ3v) is 4.46. The fourth-order valence-corrected chi connectivity index (χ4v) is 2.47. The van der Waals surface area contributed by atoms with Gasteiger partial charge in [0.2, 0.25) is 0 Å². The second-order valence-corrected chi connectivity index (χ2v) is 5.85. The highest BCUT2D eigenvalue weighted by Gasteiger charge is 2.47. The van der Waals surface area contributed by atoms with Crippen LogP contribution in [-0.2, 0) is 9.59 Å². The summed E-state index contributed by atoms with van der Waals surface area (Å²) in [6.45, 7) is 2.74. The fraction of sp³-hybridized carbons (Fsp3) is 0.211. The number of carboxylic acid groups (broad SMARTS) is 2. The van der Waals surface area contributed by atoms with Crippen molar-refractivity contribution in [2.75, 3.05) is 0 Å². The van der Waals surface area contributed by atoms with Crippen molar-refractivity contribution in [1.82, 2.24) is 0 Å². The smallest absolute Gasteiger partial charge is 0.321 e. The second kappa shape index (κ2) is 6.66. The van der Waals surface area contributed by atoms with E-state index in [1.54, 1.807) is 55.5 Å². The van der Waals surface area contributed by atoms with Gasteiger partial charge in [0.1, 0.15) is 0 Å². The van der Waals surface area contributed by atoms with Crippen LogP contribution in [0, 0.1) is 5.41 Å². The minimum atomic E-state index is -1.94. The molecule has 0 spiro atoms. The molecule has 0 aliphatic heterocycles. The maximum absolute atomic E-state index is 12.4. The van der Waals surface area contributed by atoms with E-state index in [1.165, 1.54) is 6.92 Å². The van der Waals surface area contributed by atoms with Crippen molar-refractivity contribution in [3.63, 3.8) is 0 Å². The molecule has 0 radical (unpaired) electrons. The highest BCUT2D eigenvalue weighted by atomic mass is 16.4. The molecule has 0 saturated carbocycles. The van der Waals surface area contributed by atoms with Crippen molar-refractivity contribution >= 4 is 17.7 Å². The van der Waals surface area contributed by atoms with E-state index < -0.39 is 23.3 Å². The Balaban J connectivity index is 2.31. The summed E-state index contributed by atoms with van der Waals surface area (Å²) in [5, 5.41) is 18.6. The minimum Gasteiger partial charge on any atom is -0.480 e. The molecule has 0 fully saturated rings. The average molecular weight is 326 g/mol. The van der Waals surface area contributed by atoms with Gasteiger partial charge in [0.05, 0.1) is 0 Å². The number of carboxylic acids is 2. The highest BCUT2D eigenvalue weighted by Crippen LogP contribution is 2.36. The largest absolute Gasteiger partial charge is 0.480 e. The first kappa shape index (κ1) is 17.4. The third kappa shape index (κ3) is 3.06. The van der Waals surface area contributed by atoms with Gasteiger partial charge in [-0.3, -0.25) is 14.4 Å². The number of benzene rings is 2. The summed E-state index contributed by atoms with van der Waals surface area (Å²) in [6.07, 6.45) is 0. The summed E-state index contributed by atoms with van der Waals surface area (Å²) in [5.41, 5.74) is -0.374. The van der Waals surface area contributed by atoms with Gasteiger partial charge in [0, 0.05) is 17.0 Å². The predicted octanol–water partition coefficient (Wildman–Crippen LogP) is 3.20. The lowest BCUT2D eigenvalue weighted by molar-refractivity contribution is -0.164. The summed E-state index contributed by atoms with van der Waals surface area (Å²) in [7, 11) is 0. The van der Waals surface area contributed by atoms with E-state index in [2.05, 4.69) is 0 Å². The third-order valence-electron chi connectivity index (χ3n) is 4.46. The molecule has 0 aliphatic carbocycles. The molecule has 0 aromatic heterocycles. The van der Waals surface area contributed by atoms with Gasteiger partial charge in [-0.05, 0) is 12.5 Å². The lowest BCUT2D eigenvalue weighted by Crippen LogP contribution is -2.40. The van der Waals surface area contributed by atoms with Crippen LogP contribution in [0.1, 0.15) is 41.3 Å². The van der Waals surface area contributed by atoms with Gasteiger partial charge < -0.3 is 10.2 Å². The predicted molar refractivity (Wildman–Crippen MR) is 88.1 cm³/mol. The lowest BCUT2D eigenvalue weighted by Gasteiger charge is -2.27. The number of hydrogen-bond acceptors (Lipinski definition) is 3. The van der Waals surface area contributed by atoms with Gasteiger partial charge in [-0.25, -0.2) is 0 Å². The van der Waals surface area contributed by atoms with Crippen LogP contribution in [0.4, 0.5) is 0 Å². The van der Waals surface area contributed by atoms with E-state index >= 15 is 0 Å². The Hall–Kier alpha value is -2.95. The van der Waals surface area contributed by atoms with E-state index in [-0.39, 0.29) is 5.78 Å². The van der Waals surface area contributed by atoms with Crippen LogP contribution in [0.25, 0.3) is 0 Å². The van der Waals surface area contributed by atoms with Crippen molar-refractivity contribution in [3.05, 3.63) is 71.3 Å². The van der Waals surface area contributed by atoms with Crippen LogP contribution >= 0.6 is 0 Å². The molecule has 2 aromatic rings. The van der Waals surface area contributed by atoms with Gasteiger partial charge in [-0.2, -0.15) is 0 Å². The Labute approximate surface area is 139 Å². The molecular weight excluding hydrogens is 308 g/mol. The second-order valence-electron chi connectivity index (χ2n) is 5.85. The molecule has 2 aromatic carbocycles. The van der Waals surface area contributed by atoms with Crippen LogP contribution in [0.2, 0.25) is 0 Å². The van der Waals surface area contributed by atoms with Crippen LogP contribution < -0.4 is 0 Å². The number of carbonyl (C=O) groups is 3. The zero-order valence-electron chi connectivity index (χ0n) is 13.4. The average Bonchev–Trinajstić information content (AvgIpc) is 2.60. The molecule has 1 atom stereocenters. The summed E-state index contributed by atoms with van der Waals surface area (Å²) in [6, 6.07) is 15.2. The van der Waals surface area contributed by atoms with Gasteiger partial charge in [-0.15, -0.1) is 0 Å². The normalized spacial score (nSPS) is 12.4. The molecule has 0 amide bonds. The number of hydrogen-bond donors (Lipinski definition) is 2. The summed E-state index contributed by atoms with van der Waals surface area (Å²) in [5.74, 6) is -3.69. The molecule has 24 heavy (non-hydrogen) atoms. The Morgan fingerprint density at radius 3 is 1.75 bits per heavy atom. The summed E-state index contributed by atoms with van der Waals surface area (Å²) < 4.78 is 0. The molecule has 0 bridgehead atoms. The summed E-state index contributed by atoms with van der Waals surface area (Å²) >= 11 is 0. The first-order valence-electron chi connectivity index (χ1n) is 7.45. The fourth-order valence-electron chi connectivity index (χ4n) is 2.47.